The Bertz CT molecular complexity index is 566. The van der Waals surface area contributed by atoms with E-state index in [-0.39, 0.29) is 18.7 Å². The maximum Gasteiger partial charge on any atom is 0.0601 e. The molecule has 0 spiro atoms. The third-order valence-electron chi connectivity index (χ3n) is 3.53. The Morgan fingerprint density at radius 2 is 1.74 bits per heavy atom. The molecule has 3 N–H and O–H groups in total. The molecule has 0 bridgehead atoms. The number of aliphatic hydroxyl groups is 1. The van der Waals surface area contributed by atoms with Crippen molar-refractivity contribution in [3.8, 4) is 0 Å². The van der Waals surface area contributed by atoms with Crippen molar-refractivity contribution in [2.75, 3.05) is 20.7 Å². The van der Waals surface area contributed by atoms with Gasteiger partial charge < -0.3 is 15.7 Å². The average Bonchev–Trinajstić information content (AvgIpc) is 2.38. The smallest absolute Gasteiger partial charge is 0.0601 e. The third-order valence-corrected chi connectivity index (χ3v) is 3.53. The molecule has 0 aliphatic carbocycles. The standard InChI is InChI=1S/C16H22N2O/c1-11-4-5-13-9-14(7-6-12(13)8-11)16(18(2)3)15(17)10-19/h4-9,15-16,19H,10,17H2,1-3H3. The summed E-state index contributed by atoms with van der Waals surface area (Å²) in [4.78, 5) is 2.05. The Balaban J connectivity index is 2.46. The molecule has 0 heterocycles. The van der Waals surface area contributed by atoms with Crippen molar-refractivity contribution >= 4 is 10.8 Å². The monoisotopic (exact) mass is 258 g/mol. The van der Waals surface area contributed by atoms with E-state index in [0.29, 0.717) is 0 Å². The number of rotatable bonds is 4. The van der Waals surface area contributed by atoms with Crippen LogP contribution in [0.4, 0.5) is 0 Å². The van der Waals surface area contributed by atoms with Crippen molar-refractivity contribution < 1.29 is 5.11 Å². The van der Waals surface area contributed by atoms with Crippen molar-refractivity contribution in [1.82, 2.24) is 4.90 Å². The highest BCUT2D eigenvalue weighted by atomic mass is 16.3. The maximum atomic E-state index is 9.31. The summed E-state index contributed by atoms with van der Waals surface area (Å²) in [6.45, 7) is 2.08. The molecule has 0 aromatic heterocycles. The van der Waals surface area contributed by atoms with E-state index in [2.05, 4.69) is 48.2 Å². The molecule has 3 nitrogen and oxygen atoms in total. The number of nitrogens with two attached hydrogens (primary N) is 1. The molecular formula is C16H22N2O. The van der Waals surface area contributed by atoms with Gasteiger partial charge in [-0.15, -0.1) is 0 Å². The quantitative estimate of drug-likeness (QED) is 0.882. The Morgan fingerprint density at radius 3 is 2.37 bits per heavy atom. The van der Waals surface area contributed by atoms with Gasteiger partial charge in [0.05, 0.1) is 12.6 Å². The van der Waals surface area contributed by atoms with Gasteiger partial charge in [-0.05, 0) is 43.4 Å². The predicted octanol–water partition coefficient (Wildman–Crippen LogP) is 2.07. The van der Waals surface area contributed by atoms with E-state index in [9.17, 15) is 5.11 Å². The predicted molar refractivity (Wildman–Crippen MR) is 80.2 cm³/mol. The first-order valence-corrected chi connectivity index (χ1v) is 6.56. The summed E-state index contributed by atoms with van der Waals surface area (Å²) in [5.74, 6) is 0. The molecule has 2 rings (SSSR count). The fraction of sp³-hybridized carbons (Fsp3) is 0.375. The van der Waals surface area contributed by atoms with Crippen LogP contribution < -0.4 is 5.73 Å². The first-order valence-electron chi connectivity index (χ1n) is 6.56. The molecule has 102 valence electrons. The summed E-state index contributed by atoms with van der Waals surface area (Å²) in [7, 11) is 3.97. The SMILES string of the molecule is Cc1ccc2cc(C(C(N)CO)N(C)C)ccc2c1. The number of hydrogen-bond donors (Lipinski definition) is 2. The van der Waals surface area contributed by atoms with Gasteiger partial charge in [0.1, 0.15) is 0 Å². The van der Waals surface area contributed by atoms with Crippen molar-refractivity contribution in [3.05, 3.63) is 47.5 Å². The molecule has 2 unspecified atom stereocenters. The zero-order chi connectivity index (χ0) is 14.0. The Morgan fingerprint density at radius 1 is 1.11 bits per heavy atom. The second-order valence-corrected chi connectivity index (χ2v) is 5.36. The van der Waals surface area contributed by atoms with Gasteiger partial charge in [0.15, 0.2) is 0 Å². The van der Waals surface area contributed by atoms with E-state index in [1.165, 1.54) is 16.3 Å². The second-order valence-electron chi connectivity index (χ2n) is 5.36. The number of fused-ring (bicyclic) bond motifs is 1. The molecule has 0 aliphatic heterocycles. The van der Waals surface area contributed by atoms with E-state index < -0.39 is 0 Å². The lowest BCUT2D eigenvalue weighted by atomic mass is 9.96. The summed E-state index contributed by atoms with van der Waals surface area (Å²) in [5.41, 5.74) is 8.43. The van der Waals surface area contributed by atoms with Crippen molar-refractivity contribution in [1.29, 1.82) is 0 Å². The minimum absolute atomic E-state index is 0.0191. The zero-order valence-corrected chi connectivity index (χ0v) is 11.8. The van der Waals surface area contributed by atoms with Crippen LogP contribution in [0.2, 0.25) is 0 Å². The van der Waals surface area contributed by atoms with Crippen LogP contribution in [-0.2, 0) is 0 Å². The molecule has 2 aromatic carbocycles. The minimum Gasteiger partial charge on any atom is -0.395 e. The molecule has 0 aliphatic rings. The van der Waals surface area contributed by atoms with Crippen LogP contribution in [0.1, 0.15) is 17.2 Å². The van der Waals surface area contributed by atoms with Crippen LogP contribution in [0.3, 0.4) is 0 Å². The lowest BCUT2D eigenvalue weighted by molar-refractivity contribution is 0.181. The van der Waals surface area contributed by atoms with Crippen LogP contribution in [0, 0.1) is 6.92 Å². The molecule has 19 heavy (non-hydrogen) atoms. The summed E-state index contributed by atoms with van der Waals surface area (Å²) in [6.07, 6.45) is 0. The fourth-order valence-corrected chi connectivity index (χ4v) is 2.60. The van der Waals surface area contributed by atoms with Gasteiger partial charge in [-0.2, -0.15) is 0 Å². The lowest BCUT2D eigenvalue weighted by Crippen LogP contribution is -2.39. The Kier molecular flexibility index (Phi) is 4.20. The molecule has 2 atom stereocenters. The van der Waals surface area contributed by atoms with Crippen molar-refractivity contribution in [3.63, 3.8) is 0 Å². The number of nitrogens with zero attached hydrogens (tertiary/aromatic N) is 1. The highest BCUT2D eigenvalue weighted by Crippen LogP contribution is 2.25. The topological polar surface area (TPSA) is 49.5 Å². The number of aryl methyl sites for hydroxylation is 1. The average molecular weight is 258 g/mol. The summed E-state index contributed by atoms with van der Waals surface area (Å²) in [5, 5.41) is 11.8. The highest BCUT2D eigenvalue weighted by Gasteiger charge is 2.21. The van der Waals surface area contributed by atoms with E-state index in [1.54, 1.807) is 0 Å². The van der Waals surface area contributed by atoms with Gasteiger partial charge in [0.2, 0.25) is 0 Å². The summed E-state index contributed by atoms with van der Waals surface area (Å²) < 4.78 is 0. The molecule has 0 saturated carbocycles. The maximum absolute atomic E-state index is 9.31. The van der Waals surface area contributed by atoms with Gasteiger partial charge in [0, 0.05) is 6.04 Å². The van der Waals surface area contributed by atoms with Crippen LogP contribution in [0.5, 0.6) is 0 Å². The normalized spacial score (nSPS) is 14.8. The van der Waals surface area contributed by atoms with Crippen molar-refractivity contribution in [2.45, 2.75) is 19.0 Å². The number of aliphatic hydroxyl groups excluding tert-OH is 1. The van der Waals surface area contributed by atoms with E-state index in [4.69, 9.17) is 5.73 Å². The minimum atomic E-state index is -0.280. The Hall–Kier alpha value is -1.42. The van der Waals surface area contributed by atoms with Crippen LogP contribution >= 0.6 is 0 Å². The van der Waals surface area contributed by atoms with Crippen molar-refractivity contribution in [2.24, 2.45) is 5.73 Å². The largest absolute Gasteiger partial charge is 0.395 e. The first-order chi connectivity index (χ1) is 9.02. The zero-order valence-electron chi connectivity index (χ0n) is 11.8. The van der Waals surface area contributed by atoms with Gasteiger partial charge in [-0.1, -0.05) is 35.9 Å². The third kappa shape index (κ3) is 2.95. The van der Waals surface area contributed by atoms with E-state index in [1.807, 2.05) is 14.1 Å². The number of hydrogen-bond acceptors (Lipinski definition) is 3. The van der Waals surface area contributed by atoms with Crippen LogP contribution in [-0.4, -0.2) is 36.8 Å². The lowest BCUT2D eigenvalue weighted by Gasteiger charge is -2.29. The summed E-state index contributed by atoms with van der Waals surface area (Å²) >= 11 is 0. The first kappa shape index (κ1) is 14.0. The molecule has 0 radical (unpaired) electrons. The van der Waals surface area contributed by atoms with Gasteiger partial charge in [-0.25, -0.2) is 0 Å². The fourth-order valence-electron chi connectivity index (χ4n) is 2.60. The molecule has 2 aromatic rings. The molecule has 0 saturated heterocycles. The summed E-state index contributed by atoms with van der Waals surface area (Å²) in [6, 6.07) is 12.5. The van der Waals surface area contributed by atoms with Gasteiger partial charge >= 0.3 is 0 Å². The number of likely N-dealkylation sites (N-methyl/N-ethyl adjacent to an activating group) is 1. The second kappa shape index (κ2) is 5.70. The highest BCUT2D eigenvalue weighted by molar-refractivity contribution is 5.83. The van der Waals surface area contributed by atoms with Crippen LogP contribution in [0.25, 0.3) is 10.8 Å². The van der Waals surface area contributed by atoms with Gasteiger partial charge in [-0.3, -0.25) is 0 Å². The molecule has 3 heteroatoms. The van der Waals surface area contributed by atoms with E-state index in [0.717, 1.165) is 5.56 Å². The molecular weight excluding hydrogens is 236 g/mol. The number of benzene rings is 2. The van der Waals surface area contributed by atoms with Crippen LogP contribution in [0.15, 0.2) is 36.4 Å². The molecule has 0 amide bonds. The van der Waals surface area contributed by atoms with Gasteiger partial charge in [0.25, 0.3) is 0 Å². The van der Waals surface area contributed by atoms with E-state index >= 15 is 0 Å². The Labute approximate surface area is 114 Å². The molecule has 0 fully saturated rings.